The molecule has 0 bridgehead atoms. The van der Waals surface area contributed by atoms with E-state index >= 15 is 0 Å². The highest BCUT2D eigenvalue weighted by molar-refractivity contribution is 6.42. The Bertz CT molecular complexity index is 766. The molecule has 3 rings (SSSR count). The van der Waals surface area contributed by atoms with Gasteiger partial charge in [0, 0.05) is 58.1 Å². The van der Waals surface area contributed by atoms with Crippen LogP contribution in [0.25, 0.3) is 0 Å². The molecule has 8 heteroatoms. The minimum Gasteiger partial charge on any atom is -0.355 e. The molecule has 1 aromatic carbocycles. The van der Waals surface area contributed by atoms with E-state index in [0.29, 0.717) is 23.0 Å². The molecule has 6 nitrogen and oxygen atoms in total. The molecule has 0 saturated carbocycles. The number of rotatable bonds is 8. The van der Waals surface area contributed by atoms with Crippen LogP contribution in [0, 0.1) is 0 Å². The number of hydrogen-bond donors (Lipinski definition) is 1. The van der Waals surface area contributed by atoms with Crippen LogP contribution in [0.4, 0.5) is 5.95 Å². The first-order valence-electron chi connectivity index (χ1n) is 9.57. The minimum atomic E-state index is 0.0939. The fourth-order valence-corrected chi connectivity index (χ4v) is 3.54. The number of nitrogens with zero attached hydrogens (tertiary/aromatic N) is 4. The second kappa shape index (κ2) is 10.6. The van der Waals surface area contributed by atoms with Crippen molar-refractivity contribution in [3.8, 4) is 0 Å². The SMILES string of the molecule is O=C(CCCc1ccc(Cl)c(Cl)c1)NCCN1CCN(c2ncccn2)CC1. The average Bonchev–Trinajstić information content (AvgIpc) is 2.72. The van der Waals surface area contributed by atoms with E-state index < -0.39 is 0 Å². The molecule has 0 atom stereocenters. The summed E-state index contributed by atoms with van der Waals surface area (Å²) in [5, 5.41) is 4.13. The van der Waals surface area contributed by atoms with Crippen LogP contribution < -0.4 is 10.2 Å². The van der Waals surface area contributed by atoms with Gasteiger partial charge in [0.25, 0.3) is 0 Å². The van der Waals surface area contributed by atoms with E-state index in [1.807, 2.05) is 18.2 Å². The van der Waals surface area contributed by atoms with Gasteiger partial charge in [0.05, 0.1) is 10.0 Å². The number of amides is 1. The molecule has 28 heavy (non-hydrogen) atoms. The Morgan fingerprint density at radius 1 is 1.07 bits per heavy atom. The molecule has 0 spiro atoms. The Hall–Kier alpha value is -1.89. The highest BCUT2D eigenvalue weighted by Crippen LogP contribution is 2.23. The van der Waals surface area contributed by atoms with E-state index in [0.717, 1.165) is 57.1 Å². The van der Waals surface area contributed by atoms with E-state index in [9.17, 15) is 4.79 Å². The van der Waals surface area contributed by atoms with Gasteiger partial charge >= 0.3 is 0 Å². The lowest BCUT2D eigenvalue weighted by atomic mass is 10.1. The number of aryl methyl sites for hydroxylation is 1. The summed E-state index contributed by atoms with van der Waals surface area (Å²) in [5.41, 5.74) is 1.10. The number of anilines is 1. The highest BCUT2D eigenvalue weighted by Gasteiger charge is 2.18. The van der Waals surface area contributed by atoms with Crippen molar-refractivity contribution >= 4 is 35.1 Å². The maximum Gasteiger partial charge on any atom is 0.225 e. The van der Waals surface area contributed by atoms with Crippen LogP contribution in [0.5, 0.6) is 0 Å². The van der Waals surface area contributed by atoms with Crippen LogP contribution in [0.1, 0.15) is 18.4 Å². The van der Waals surface area contributed by atoms with Crippen LogP contribution in [-0.4, -0.2) is 60.0 Å². The summed E-state index contributed by atoms with van der Waals surface area (Å²) in [5.74, 6) is 0.883. The van der Waals surface area contributed by atoms with Crippen LogP contribution in [-0.2, 0) is 11.2 Å². The van der Waals surface area contributed by atoms with Gasteiger partial charge in [-0.15, -0.1) is 0 Å². The van der Waals surface area contributed by atoms with E-state index in [2.05, 4.69) is 25.1 Å². The molecule has 1 amide bonds. The Morgan fingerprint density at radius 3 is 2.54 bits per heavy atom. The van der Waals surface area contributed by atoms with Crippen LogP contribution in [0.2, 0.25) is 10.0 Å². The Balaban J connectivity index is 1.28. The van der Waals surface area contributed by atoms with Crippen molar-refractivity contribution in [3.63, 3.8) is 0 Å². The summed E-state index contributed by atoms with van der Waals surface area (Å²) < 4.78 is 0. The van der Waals surface area contributed by atoms with E-state index in [4.69, 9.17) is 23.2 Å². The zero-order chi connectivity index (χ0) is 19.8. The summed E-state index contributed by atoms with van der Waals surface area (Å²) in [6, 6.07) is 7.43. The van der Waals surface area contributed by atoms with Crippen molar-refractivity contribution in [2.75, 3.05) is 44.2 Å². The summed E-state index contributed by atoms with van der Waals surface area (Å²) in [6.45, 7) is 5.25. The summed E-state index contributed by atoms with van der Waals surface area (Å²) >= 11 is 11.9. The molecule has 150 valence electrons. The molecular formula is C20H25Cl2N5O. The molecule has 1 aliphatic rings. The van der Waals surface area contributed by atoms with E-state index in [1.54, 1.807) is 18.5 Å². The maximum atomic E-state index is 12.0. The first-order valence-corrected chi connectivity index (χ1v) is 10.3. The topological polar surface area (TPSA) is 61.4 Å². The largest absolute Gasteiger partial charge is 0.355 e. The normalized spacial score (nSPS) is 14.9. The van der Waals surface area contributed by atoms with E-state index in [1.165, 1.54) is 0 Å². The number of halogens is 2. The number of hydrogen-bond acceptors (Lipinski definition) is 5. The predicted octanol–water partition coefficient (Wildman–Crippen LogP) is 3.04. The smallest absolute Gasteiger partial charge is 0.225 e. The lowest BCUT2D eigenvalue weighted by molar-refractivity contribution is -0.121. The molecule has 2 heterocycles. The Kier molecular flexibility index (Phi) is 7.89. The molecular weight excluding hydrogens is 397 g/mol. The molecule has 0 unspecified atom stereocenters. The molecule has 1 N–H and O–H groups in total. The second-order valence-corrected chi connectivity index (χ2v) is 7.64. The Labute approximate surface area is 175 Å². The molecule has 1 aliphatic heterocycles. The van der Waals surface area contributed by atoms with Gasteiger partial charge in [0.2, 0.25) is 11.9 Å². The minimum absolute atomic E-state index is 0.0939. The monoisotopic (exact) mass is 421 g/mol. The third-order valence-corrected chi connectivity index (χ3v) is 5.55. The third-order valence-electron chi connectivity index (χ3n) is 4.81. The number of nitrogens with one attached hydrogen (secondary N) is 1. The van der Waals surface area contributed by atoms with Crippen LogP contribution in [0.15, 0.2) is 36.7 Å². The second-order valence-electron chi connectivity index (χ2n) is 6.83. The fourth-order valence-electron chi connectivity index (χ4n) is 3.22. The summed E-state index contributed by atoms with van der Waals surface area (Å²) in [4.78, 5) is 25.2. The van der Waals surface area contributed by atoms with Gasteiger partial charge in [-0.1, -0.05) is 29.3 Å². The van der Waals surface area contributed by atoms with Crippen molar-refractivity contribution in [1.82, 2.24) is 20.2 Å². The third kappa shape index (κ3) is 6.33. The van der Waals surface area contributed by atoms with Crippen LogP contribution in [0.3, 0.4) is 0 Å². The zero-order valence-electron chi connectivity index (χ0n) is 15.8. The number of aromatic nitrogens is 2. The Morgan fingerprint density at radius 2 is 1.82 bits per heavy atom. The zero-order valence-corrected chi connectivity index (χ0v) is 17.3. The quantitative estimate of drug-likeness (QED) is 0.709. The molecule has 1 fully saturated rings. The van der Waals surface area contributed by atoms with Gasteiger partial charge in [0.15, 0.2) is 0 Å². The summed E-state index contributed by atoms with van der Waals surface area (Å²) in [7, 11) is 0. The highest BCUT2D eigenvalue weighted by atomic mass is 35.5. The predicted molar refractivity (Wildman–Crippen MR) is 113 cm³/mol. The lowest BCUT2D eigenvalue weighted by Gasteiger charge is -2.34. The molecule has 1 saturated heterocycles. The van der Waals surface area contributed by atoms with Crippen molar-refractivity contribution in [2.24, 2.45) is 0 Å². The van der Waals surface area contributed by atoms with Crippen molar-refractivity contribution < 1.29 is 4.79 Å². The van der Waals surface area contributed by atoms with Crippen molar-refractivity contribution in [1.29, 1.82) is 0 Å². The molecule has 0 aliphatic carbocycles. The van der Waals surface area contributed by atoms with Gasteiger partial charge in [-0.2, -0.15) is 0 Å². The molecule has 2 aromatic rings. The first-order chi connectivity index (χ1) is 13.6. The van der Waals surface area contributed by atoms with Gasteiger partial charge in [0.1, 0.15) is 0 Å². The maximum absolute atomic E-state index is 12.0. The summed E-state index contributed by atoms with van der Waals surface area (Å²) in [6.07, 6.45) is 5.66. The number of piperazine rings is 1. The fraction of sp³-hybridized carbons (Fsp3) is 0.450. The number of carbonyl (C=O) groups is 1. The molecule has 1 aromatic heterocycles. The first kappa shape index (κ1) is 20.8. The van der Waals surface area contributed by atoms with E-state index in [-0.39, 0.29) is 5.91 Å². The lowest BCUT2D eigenvalue weighted by Crippen LogP contribution is -2.49. The number of benzene rings is 1. The van der Waals surface area contributed by atoms with Gasteiger partial charge in [-0.3, -0.25) is 9.69 Å². The van der Waals surface area contributed by atoms with Gasteiger partial charge in [-0.05, 0) is 36.6 Å². The average molecular weight is 422 g/mol. The van der Waals surface area contributed by atoms with Crippen LogP contribution >= 0.6 is 23.2 Å². The number of carbonyl (C=O) groups excluding carboxylic acids is 1. The van der Waals surface area contributed by atoms with Gasteiger partial charge in [-0.25, -0.2) is 9.97 Å². The van der Waals surface area contributed by atoms with Crippen molar-refractivity contribution in [3.05, 3.63) is 52.3 Å². The standard InChI is InChI=1S/C20H25Cl2N5O/c21-17-6-5-16(15-18(17)22)3-1-4-19(28)23-9-10-26-11-13-27(14-12-26)20-24-7-2-8-25-20/h2,5-8,15H,1,3-4,9-14H2,(H,23,28). The van der Waals surface area contributed by atoms with Gasteiger partial charge < -0.3 is 10.2 Å². The van der Waals surface area contributed by atoms with Crippen molar-refractivity contribution in [2.45, 2.75) is 19.3 Å². The molecule has 0 radical (unpaired) electrons.